The second-order valence-corrected chi connectivity index (χ2v) is 5.04. The summed E-state index contributed by atoms with van der Waals surface area (Å²) in [5.74, 6) is -0.0465. The summed E-state index contributed by atoms with van der Waals surface area (Å²) in [5, 5.41) is 3.74. The number of thiophene rings is 1. The average Bonchev–Trinajstić information content (AvgIpc) is 2.86. The van der Waals surface area contributed by atoms with Crippen LogP contribution in [0.3, 0.4) is 0 Å². The Morgan fingerprint density at radius 1 is 1.22 bits per heavy atom. The van der Waals surface area contributed by atoms with Crippen LogP contribution in [0, 0.1) is 0 Å². The van der Waals surface area contributed by atoms with Gasteiger partial charge in [-0.25, -0.2) is 0 Å². The van der Waals surface area contributed by atoms with Gasteiger partial charge in [-0.2, -0.15) is 0 Å². The highest BCUT2D eigenvalue weighted by atomic mass is 32.1. The van der Waals surface area contributed by atoms with E-state index in [1.165, 1.54) is 11.3 Å². The molecule has 1 aliphatic rings. The molecule has 18 heavy (non-hydrogen) atoms. The van der Waals surface area contributed by atoms with Gasteiger partial charge in [-0.1, -0.05) is 12.1 Å². The third-order valence-corrected chi connectivity index (χ3v) is 3.80. The smallest absolute Gasteiger partial charge is 0.244 e. The van der Waals surface area contributed by atoms with E-state index in [0.717, 1.165) is 22.7 Å². The number of carbonyl (C=O) groups is 2. The lowest BCUT2D eigenvalue weighted by molar-refractivity contribution is -0.115. The third-order valence-electron chi connectivity index (χ3n) is 2.77. The summed E-state index contributed by atoms with van der Waals surface area (Å²) in [7, 11) is 0. The Morgan fingerprint density at radius 2 is 2.06 bits per heavy atom. The Balaban J connectivity index is 2.06. The Hall–Kier alpha value is -2.14. The number of benzene rings is 1. The minimum atomic E-state index is -0.0465. The van der Waals surface area contributed by atoms with Crippen molar-refractivity contribution in [1.29, 1.82) is 0 Å². The molecule has 0 saturated carbocycles. The van der Waals surface area contributed by atoms with Crippen molar-refractivity contribution < 1.29 is 9.59 Å². The molecule has 90 valence electrons. The van der Waals surface area contributed by atoms with Crippen molar-refractivity contribution in [2.45, 2.75) is 0 Å². The number of rotatable bonds is 2. The molecule has 1 aromatic carbocycles. The van der Waals surface area contributed by atoms with E-state index in [9.17, 15) is 9.59 Å². The zero-order valence-electron chi connectivity index (χ0n) is 9.42. The van der Waals surface area contributed by atoms with Crippen molar-refractivity contribution >= 4 is 39.9 Å². The van der Waals surface area contributed by atoms with Crippen LogP contribution in [-0.2, 0) is 4.79 Å². The minimum absolute atomic E-state index is 0.0465. The van der Waals surface area contributed by atoms with E-state index < -0.39 is 0 Å². The summed E-state index contributed by atoms with van der Waals surface area (Å²) < 4.78 is 0. The predicted octanol–water partition coefficient (Wildman–Crippen LogP) is 2.65. The molecule has 0 fully saturated rings. The van der Waals surface area contributed by atoms with E-state index in [4.69, 9.17) is 0 Å². The second-order valence-electron chi connectivity index (χ2n) is 3.95. The second kappa shape index (κ2) is 4.27. The van der Waals surface area contributed by atoms with Gasteiger partial charge in [-0.15, -0.1) is 11.3 Å². The van der Waals surface area contributed by atoms with Gasteiger partial charge in [0.25, 0.3) is 0 Å². The van der Waals surface area contributed by atoms with Gasteiger partial charge in [0.2, 0.25) is 5.91 Å². The first kappa shape index (κ1) is 11.0. The molecule has 0 unspecified atom stereocenters. The van der Waals surface area contributed by atoms with Crippen LogP contribution in [0.25, 0.3) is 0 Å². The fraction of sp³-hybridized carbons (Fsp3) is 0.0769. The largest absolute Gasteiger partial charge is 0.323 e. The number of fused-ring (bicyclic) bond motifs is 1. The Morgan fingerprint density at radius 3 is 2.83 bits per heavy atom. The van der Waals surface area contributed by atoms with Crippen LogP contribution >= 0.6 is 11.3 Å². The molecule has 0 radical (unpaired) electrons. The van der Waals surface area contributed by atoms with E-state index in [1.807, 2.05) is 35.2 Å². The molecule has 0 spiro atoms. The highest BCUT2D eigenvalue weighted by Gasteiger charge is 2.23. The van der Waals surface area contributed by atoms with Gasteiger partial charge < -0.3 is 10.2 Å². The quantitative estimate of drug-likeness (QED) is 0.842. The maximum Gasteiger partial charge on any atom is 0.244 e. The molecule has 0 saturated heterocycles. The number of aldehydes is 1. The molecular formula is C13H10N2O2S. The van der Waals surface area contributed by atoms with Crippen LogP contribution in [-0.4, -0.2) is 18.7 Å². The molecule has 2 heterocycles. The SMILES string of the molecule is O=Cc1ccc(N2CC(=O)Nc3ccccc32)s1. The lowest BCUT2D eigenvalue weighted by Crippen LogP contribution is -2.34. The van der Waals surface area contributed by atoms with Crippen molar-refractivity contribution in [1.82, 2.24) is 0 Å². The van der Waals surface area contributed by atoms with E-state index in [-0.39, 0.29) is 12.5 Å². The number of nitrogens with one attached hydrogen (secondary N) is 1. The standard InChI is InChI=1S/C13H10N2O2S/c16-8-9-5-6-13(18-9)15-7-12(17)14-10-3-1-2-4-11(10)15/h1-6,8H,7H2,(H,14,17). The molecule has 1 aromatic heterocycles. The lowest BCUT2D eigenvalue weighted by atomic mass is 10.2. The van der Waals surface area contributed by atoms with Gasteiger partial charge in [0.15, 0.2) is 6.29 Å². The highest BCUT2D eigenvalue weighted by Crippen LogP contribution is 2.37. The minimum Gasteiger partial charge on any atom is -0.323 e. The highest BCUT2D eigenvalue weighted by molar-refractivity contribution is 7.17. The summed E-state index contributed by atoms with van der Waals surface area (Å²) in [4.78, 5) is 25.0. The van der Waals surface area contributed by atoms with Gasteiger partial charge in [0.1, 0.15) is 6.54 Å². The fourth-order valence-corrected chi connectivity index (χ4v) is 2.82. The Labute approximate surface area is 108 Å². The Bertz CT molecular complexity index is 621. The zero-order chi connectivity index (χ0) is 12.5. The average molecular weight is 258 g/mol. The maximum atomic E-state index is 11.7. The molecule has 5 heteroatoms. The molecule has 0 bridgehead atoms. The van der Waals surface area contributed by atoms with Gasteiger partial charge in [-0.05, 0) is 24.3 Å². The van der Waals surface area contributed by atoms with Crippen molar-refractivity contribution in [2.24, 2.45) is 0 Å². The van der Waals surface area contributed by atoms with Crippen LogP contribution in [0.5, 0.6) is 0 Å². The molecule has 0 aliphatic carbocycles. The van der Waals surface area contributed by atoms with Crippen molar-refractivity contribution in [2.75, 3.05) is 16.8 Å². The monoisotopic (exact) mass is 258 g/mol. The van der Waals surface area contributed by atoms with E-state index in [0.29, 0.717) is 4.88 Å². The topological polar surface area (TPSA) is 49.4 Å². The molecule has 2 aromatic rings. The summed E-state index contributed by atoms with van der Waals surface area (Å²) in [6.07, 6.45) is 0.824. The van der Waals surface area contributed by atoms with E-state index >= 15 is 0 Å². The molecule has 1 N–H and O–H groups in total. The number of hydrogen-bond donors (Lipinski definition) is 1. The maximum absolute atomic E-state index is 11.7. The van der Waals surface area contributed by atoms with Crippen molar-refractivity contribution in [3.05, 3.63) is 41.3 Å². The van der Waals surface area contributed by atoms with Crippen LogP contribution in [0.1, 0.15) is 9.67 Å². The third kappa shape index (κ3) is 1.78. The number of carbonyl (C=O) groups excluding carboxylic acids is 2. The van der Waals surface area contributed by atoms with Gasteiger partial charge >= 0.3 is 0 Å². The lowest BCUT2D eigenvalue weighted by Gasteiger charge is -2.29. The van der Waals surface area contributed by atoms with Crippen LogP contribution < -0.4 is 10.2 Å². The molecule has 0 atom stereocenters. The van der Waals surface area contributed by atoms with Gasteiger partial charge in [-0.3, -0.25) is 9.59 Å². The number of amides is 1. The van der Waals surface area contributed by atoms with Crippen LogP contribution in [0.2, 0.25) is 0 Å². The normalized spacial score (nSPS) is 14.0. The number of nitrogens with zero attached hydrogens (tertiary/aromatic N) is 1. The van der Waals surface area contributed by atoms with Gasteiger partial charge in [0.05, 0.1) is 21.3 Å². The van der Waals surface area contributed by atoms with Gasteiger partial charge in [0, 0.05) is 0 Å². The first-order valence-electron chi connectivity index (χ1n) is 5.49. The van der Waals surface area contributed by atoms with E-state index in [1.54, 1.807) is 6.07 Å². The van der Waals surface area contributed by atoms with Crippen LogP contribution in [0.15, 0.2) is 36.4 Å². The van der Waals surface area contributed by atoms with Crippen molar-refractivity contribution in [3.63, 3.8) is 0 Å². The first-order chi connectivity index (χ1) is 8.78. The fourth-order valence-electron chi connectivity index (χ4n) is 1.98. The zero-order valence-corrected chi connectivity index (χ0v) is 10.2. The predicted molar refractivity (Wildman–Crippen MR) is 71.8 cm³/mol. The first-order valence-corrected chi connectivity index (χ1v) is 6.31. The summed E-state index contributed by atoms with van der Waals surface area (Å²) in [6.45, 7) is 0.274. The van der Waals surface area contributed by atoms with Crippen molar-refractivity contribution in [3.8, 4) is 0 Å². The summed E-state index contributed by atoms with van der Waals surface area (Å²) in [6, 6.07) is 11.3. The Kier molecular flexibility index (Phi) is 2.60. The summed E-state index contributed by atoms with van der Waals surface area (Å²) >= 11 is 1.38. The molecule has 1 aliphatic heterocycles. The number of hydrogen-bond acceptors (Lipinski definition) is 4. The van der Waals surface area contributed by atoms with E-state index in [2.05, 4.69) is 5.32 Å². The molecule has 3 rings (SSSR count). The summed E-state index contributed by atoms with van der Waals surface area (Å²) in [5.41, 5.74) is 1.76. The number of para-hydroxylation sites is 2. The molecule has 1 amide bonds. The molecule has 4 nitrogen and oxygen atoms in total. The van der Waals surface area contributed by atoms with Crippen LogP contribution in [0.4, 0.5) is 16.4 Å². The molecular weight excluding hydrogens is 248 g/mol. The number of anilines is 3.